The highest BCUT2D eigenvalue weighted by Crippen LogP contribution is 2.27. The molecule has 0 saturated heterocycles. The van der Waals surface area contributed by atoms with E-state index in [-0.39, 0.29) is 27.7 Å². The molecular formula is C20H22N4O7S2. The van der Waals surface area contributed by atoms with E-state index >= 15 is 0 Å². The highest BCUT2D eigenvalue weighted by Gasteiger charge is 2.27. The smallest absolute Gasteiger partial charge is 0.294 e. The number of hydrazone groups is 1. The predicted octanol–water partition coefficient (Wildman–Crippen LogP) is 2.01. The van der Waals surface area contributed by atoms with Crippen LogP contribution in [0, 0.1) is 0 Å². The lowest BCUT2D eigenvalue weighted by atomic mass is 10.0. The van der Waals surface area contributed by atoms with Gasteiger partial charge in [-0.15, -0.1) is 0 Å². The summed E-state index contributed by atoms with van der Waals surface area (Å²) in [5.41, 5.74) is 3.85. The molecule has 1 unspecified atom stereocenters. The van der Waals surface area contributed by atoms with E-state index in [2.05, 4.69) is 15.5 Å². The Bertz CT molecular complexity index is 1320. The number of rotatable bonds is 5. The Morgan fingerprint density at radius 2 is 1.45 bits per heavy atom. The van der Waals surface area contributed by atoms with Crippen molar-refractivity contribution in [3.63, 3.8) is 0 Å². The zero-order valence-electron chi connectivity index (χ0n) is 17.7. The molecule has 0 aromatic heterocycles. The van der Waals surface area contributed by atoms with E-state index in [1.54, 1.807) is 19.0 Å². The number of anilines is 1. The lowest BCUT2D eigenvalue weighted by molar-refractivity contribution is -0.112. The fourth-order valence-electron chi connectivity index (χ4n) is 3.15. The van der Waals surface area contributed by atoms with Gasteiger partial charge in [-0.2, -0.15) is 21.9 Å². The first-order chi connectivity index (χ1) is 15.4. The number of ketones is 1. The van der Waals surface area contributed by atoms with Gasteiger partial charge in [0, 0.05) is 20.5 Å². The van der Waals surface area contributed by atoms with Crippen molar-refractivity contribution in [3.05, 3.63) is 54.1 Å². The van der Waals surface area contributed by atoms with Gasteiger partial charge in [0.15, 0.2) is 17.3 Å². The molecule has 0 spiro atoms. The van der Waals surface area contributed by atoms with Crippen LogP contribution in [0.15, 0.2) is 68.4 Å². The van der Waals surface area contributed by atoms with Crippen molar-refractivity contribution in [2.45, 2.75) is 28.7 Å². The molecular weight excluding hydrogens is 472 g/mol. The summed E-state index contributed by atoms with van der Waals surface area (Å²) in [6.45, 7) is 0. The van der Waals surface area contributed by atoms with Crippen LogP contribution in [-0.2, 0) is 25.0 Å². The Kier molecular flexibility index (Phi) is 6.97. The lowest BCUT2D eigenvalue weighted by Gasteiger charge is -2.18. The molecule has 0 fully saturated rings. The van der Waals surface area contributed by atoms with Crippen LogP contribution in [0.2, 0.25) is 0 Å². The topological polar surface area (TPSA) is 166 Å². The van der Waals surface area contributed by atoms with E-state index in [0.717, 1.165) is 0 Å². The third-order valence-corrected chi connectivity index (χ3v) is 6.57. The minimum absolute atomic E-state index is 0.0795. The number of hydrogen-bond donors (Lipinski definition) is 3. The first kappa shape index (κ1) is 24.5. The highest BCUT2D eigenvalue weighted by atomic mass is 32.2. The number of aliphatic imine (C=N–C) groups is 1. The second-order valence-corrected chi connectivity index (χ2v) is 10.3. The summed E-state index contributed by atoms with van der Waals surface area (Å²) in [4.78, 5) is 18.6. The fraction of sp³-hybridized carbons (Fsp3) is 0.250. The zero-order chi connectivity index (χ0) is 24.4. The van der Waals surface area contributed by atoms with Crippen molar-refractivity contribution < 1.29 is 30.7 Å². The van der Waals surface area contributed by atoms with Crippen LogP contribution < -0.4 is 5.43 Å². The van der Waals surface area contributed by atoms with Gasteiger partial charge < -0.3 is 4.90 Å². The van der Waals surface area contributed by atoms with Gasteiger partial charge in [0.2, 0.25) is 0 Å². The molecule has 0 amide bonds. The molecule has 1 atom stereocenters. The molecule has 3 N–H and O–H groups in total. The van der Waals surface area contributed by atoms with E-state index in [0.29, 0.717) is 23.5 Å². The Balaban J connectivity index is 1.91. The maximum atomic E-state index is 12.8. The van der Waals surface area contributed by atoms with Crippen LogP contribution in [0.3, 0.4) is 0 Å². The first-order valence-corrected chi connectivity index (χ1v) is 12.5. The van der Waals surface area contributed by atoms with Gasteiger partial charge in [-0.05, 0) is 48.4 Å². The van der Waals surface area contributed by atoms with Gasteiger partial charge in [-0.25, -0.2) is 0 Å². The summed E-state index contributed by atoms with van der Waals surface area (Å²) >= 11 is 0. The molecule has 0 radical (unpaired) electrons. The van der Waals surface area contributed by atoms with Gasteiger partial charge in [-0.1, -0.05) is 12.1 Å². The largest absolute Gasteiger partial charge is 0.361 e. The molecule has 1 aliphatic rings. The van der Waals surface area contributed by atoms with Gasteiger partial charge in [0.05, 0.1) is 21.5 Å². The minimum Gasteiger partial charge on any atom is -0.361 e. The second-order valence-electron chi connectivity index (χ2n) is 7.44. The molecule has 2 aromatic rings. The predicted molar refractivity (Wildman–Crippen MR) is 122 cm³/mol. The number of carbonyl (C=O) groups excluding carboxylic acids is 1. The van der Waals surface area contributed by atoms with Gasteiger partial charge in [0.1, 0.15) is 0 Å². The summed E-state index contributed by atoms with van der Waals surface area (Å²) in [6, 6.07) is 10.3. The first-order valence-electron chi connectivity index (χ1n) is 9.63. The SMILES string of the molecule is CN(C)C1=NC(c2ccc(S(=O)(=O)O)cc2)CCC(=O)/C1=N/Nc1ccc(S(=O)(=O)O)cc1. The Labute approximate surface area is 191 Å². The Hall–Kier alpha value is -3.13. The number of nitrogens with zero attached hydrogens (tertiary/aromatic N) is 3. The summed E-state index contributed by atoms with van der Waals surface area (Å²) in [5.74, 6) is 0.0463. The number of benzene rings is 2. The van der Waals surface area contributed by atoms with Crippen LogP contribution in [0.4, 0.5) is 5.69 Å². The van der Waals surface area contributed by atoms with E-state index < -0.39 is 26.3 Å². The molecule has 0 aliphatic carbocycles. The number of hydrogen-bond acceptors (Lipinski definition) is 9. The zero-order valence-corrected chi connectivity index (χ0v) is 19.3. The Morgan fingerprint density at radius 1 is 0.939 bits per heavy atom. The van der Waals surface area contributed by atoms with Crippen LogP contribution in [0.1, 0.15) is 24.4 Å². The van der Waals surface area contributed by atoms with Crippen molar-refractivity contribution in [2.24, 2.45) is 10.1 Å². The summed E-state index contributed by atoms with van der Waals surface area (Å²) in [6.07, 6.45) is 0.497. The monoisotopic (exact) mass is 494 g/mol. The van der Waals surface area contributed by atoms with Crippen molar-refractivity contribution in [1.29, 1.82) is 0 Å². The molecule has 0 saturated carbocycles. The van der Waals surface area contributed by atoms with Crippen molar-refractivity contribution in [1.82, 2.24) is 4.90 Å². The number of Topliss-reactive ketones (excluding diaryl/α,β-unsaturated/α-hetero) is 1. The molecule has 176 valence electrons. The molecule has 33 heavy (non-hydrogen) atoms. The van der Waals surface area contributed by atoms with Crippen molar-refractivity contribution in [2.75, 3.05) is 19.5 Å². The summed E-state index contributed by atoms with van der Waals surface area (Å²) < 4.78 is 63.1. The normalized spacial score (nSPS) is 18.5. The third-order valence-electron chi connectivity index (χ3n) is 4.83. The molecule has 3 rings (SSSR count). The van der Waals surface area contributed by atoms with Crippen LogP contribution in [0.25, 0.3) is 0 Å². The number of nitrogens with one attached hydrogen (secondary N) is 1. The summed E-state index contributed by atoms with van der Waals surface area (Å²) in [5, 5.41) is 4.18. The maximum absolute atomic E-state index is 12.8. The van der Waals surface area contributed by atoms with E-state index in [1.165, 1.54) is 48.5 Å². The minimum atomic E-state index is -4.32. The van der Waals surface area contributed by atoms with Gasteiger partial charge >= 0.3 is 0 Å². The summed E-state index contributed by atoms with van der Waals surface area (Å²) in [7, 11) is -5.24. The average Bonchev–Trinajstić information content (AvgIpc) is 2.90. The maximum Gasteiger partial charge on any atom is 0.294 e. The lowest BCUT2D eigenvalue weighted by Crippen LogP contribution is -2.35. The highest BCUT2D eigenvalue weighted by molar-refractivity contribution is 7.86. The molecule has 0 bridgehead atoms. The fourth-order valence-corrected chi connectivity index (χ4v) is 4.11. The number of amidine groups is 1. The van der Waals surface area contributed by atoms with Gasteiger partial charge in [0.25, 0.3) is 20.2 Å². The van der Waals surface area contributed by atoms with Crippen LogP contribution >= 0.6 is 0 Å². The van der Waals surface area contributed by atoms with Crippen molar-refractivity contribution in [3.8, 4) is 0 Å². The molecule has 11 nitrogen and oxygen atoms in total. The van der Waals surface area contributed by atoms with E-state index in [4.69, 9.17) is 9.11 Å². The quantitative estimate of drug-likeness (QED) is 0.416. The van der Waals surface area contributed by atoms with Crippen LogP contribution in [-0.4, -0.2) is 62.3 Å². The second kappa shape index (κ2) is 9.39. The van der Waals surface area contributed by atoms with Crippen molar-refractivity contribution >= 4 is 43.3 Å². The van der Waals surface area contributed by atoms with Crippen LogP contribution in [0.5, 0.6) is 0 Å². The molecule has 1 heterocycles. The molecule has 2 aromatic carbocycles. The standard InChI is InChI=1S/C20H22N4O7S2/c1-24(2)20-19(23-22-14-5-9-16(10-6-14)33(29,30)31)18(25)12-11-17(21-20)13-3-7-15(8-4-13)32(26,27)28/h3-10,17,22H,11-12H2,1-2H3,(H,26,27,28)(H,29,30,31)/b23-19-. The Morgan fingerprint density at radius 3 is 1.94 bits per heavy atom. The third kappa shape index (κ3) is 6.01. The number of carbonyl (C=O) groups is 1. The van der Waals surface area contributed by atoms with E-state index in [9.17, 15) is 21.6 Å². The average molecular weight is 495 g/mol. The molecule has 1 aliphatic heterocycles. The van der Waals surface area contributed by atoms with Gasteiger partial charge in [-0.3, -0.25) is 24.3 Å². The van der Waals surface area contributed by atoms with E-state index in [1.807, 2.05) is 0 Å². The molecule has 13 heteroatoms.